The van der Waals surface area contributed by atoms with E-state index in [4.69, 9.17) is 0 Å². The molecule has 4 heteroatoms. The van der Waals surface area contributed by atoms with Gasteiger partial charge in [-0.25, -0.2) is 8.78 Å². The minimum atomic E-state index is -0.426. The van der Waals surface area contributed by atoms with Gasteiger partial charge in [-0.2, -0.15) is 0 Å². The number of anilines is 1. The molecule has 1 unspecified atom stereocenters. The van der Waals surface area contributed by atoms with E-state index < -0.39 is 11.6 Å². The molecule has 1 N–H and O–H groups in total. The maximum absolute atomic E-state index is 13.5. The van der Waals surface area contributed by atoms with E-state index in [1.165, 1.54) is 16.5 Å². The summed E-state index contributed by atoms with van der Waals surface area (Å²) < 4.78 is 26.6. The highest BCUT2D eigenvalue weighted by Crippen LogP contribution is 2.39. The number of fused-ring (bicyclic) bond motifs is 1. The summed E-state index contributed by atoms with van der Waals surface area (Å²) in [6.45, 7) is 0.615. The minimum Gasteiger partial charge on any atom is -0.382 e. The molecule has 0 aromatic heterocycles. The summed E-state index contributed by atoms with van der Waals surface area (Å²) in [4.78, 5) is 1.29. The Morgan fingerprint density at radius 3 is 2.89 bits per heavy atom. The molecule has 0 spiro atoms. The van der Waals surface area contributed by atoms with Gasteiger partial charge in [0, 0.05) is 23.1 Å². The highest BCUT2D eigenvalue weighted by Gasteiger charge is 2.22. The lowest BCUT2D eigenvalue weighted by molar-refractivity contribution is 0.601. The van der Waals surface area contributed by atoms with Crippen LogP contribution in [0.2, 0.25) is 0 Å². The van der Waals surface area contributed by atoms with Crippen molar-refractivity contribution in [1.29, 1.82) is 0 Å². The Kier molecular flexibility index (Phi) is 3.42. The second-order valence-corrected chi connectivity index (χ2v) is 5.61. The van der Waals surface area contributed by atoms with Crippen molar-refractivity contribution < 1.29 is 8.78 Å². The van der Waals surface area contributed by atoms with Crippen molar-refractivity contribution in [2.24, 2.45) is 0 Å². The van der Waals surface area contributed by atoms with E-state index in [9.17, 15) is 8.78 Å². The molecule has 0 saturated heterocycles. The molecule has 19 heavy (non-hydrogen) atoms. The summed E-state index contributed by atoms with van der Waals surface area (Å²) in [5.74, 6) is 0.470. The molecule has 1 nitrogen and oxygen atoms in total. The Balaban J connectivity index is 1.72. The maximum atomic E-state index is 13.5. The molecular formula is C15H13F2NS. The molecule has 1 heterocycles. The van der Waals surface area contributed by atoms with Crippen LogP contribution in [0.15, 0.2) is 47.4 Å². The van der Waals surface area contributed by atoms with E-state index in [-0.39, 0.29) is 5.69 Å². The van der Waals surface area contributed by atoms with Crippen LogP contribution in [0.3, 0.4) is 0 Å². The second kappa shape index (κ2) is 5.21. The van der Waals surface area contributed by atoms with Gasteiger partial charge in [-0.15, -0.1) is 11.8 Å². The van der Waals surface area contributed by atoms with Gasteiger partial charge in [0.1, 0.15) is 11.6 Å². The number of benzene rings is 2. The van der Waals surface area contributed by atoms with Gasteiger partial charge in [0.2, 0.25) is 0 Å². The first-order valence-corrected chi connectivity index (χ1v) is 7.13. The summed E-state index contributed by atoms with van der Waals surface area (Å²) in [5.41, 5.74) is 1.52. The topological polar surface area (TPSA) is 12.0 Å². The van der Waals surface area contributed by atoms with Crippen LogP contribution in [0.1, 0.15) is 11.5 Å². The molecule has 1 aliphatic rings. The van der Waals surface area contributed by atoms with Gasteiger partial charge in [-0.05, 0) is 29.8 Å². The Hall–Kier alpha value is -1.55. The predicted molar refractivity (Wildman–Crippen MR) is 74.8 cm³/mol. The molecule has 3 rings (SSSR count). The lowest BCUT2D eigenvalue weighted by atomic mass is 10.0. The largest absolute Gasteiger partial charge is 0.382 e. The van der Waals surface area contributed by atoms with Gasteiger partial charge in [-0.3, -0.25) is 0 Å². The summed E-state index contributed by atoms with van der Waals surface area (Å²) in [6, 6.07) is 11.7. The molecule has 1 aliphatic heterocycles. The number of hydrogen-bond acceptors (Lipinski definition) is 2. The van der Waals surface area contributed by atoms with Crippen molar-refractivity contribution in [3.63, 3.8) is 0 Å². The van der Waals surface area contributed by atoms with E-state index in [2.05, 4.69) is 17.4 Å². The summed E-state index contributed by atoms with van der Waals surface area (Å²) >= 11 is 1.81. The van der Waals surface area contributed by atoms with Crippen molar-refractivity contribution in [2.45, 2.75) is 10.8 Å². The molecule has 0 radical (unpaired) electrons. The predicted octanol–water partition coefficient (Wildman–Crippen LogP) is 4.27. The fourth-order valence-electron chi connectivity index (χ4n) is 2.26. The molecule has 2 aromatic carbocycles. The molecule has 0 amide bonds. The zero-order chi connectivity index (χ0) is 13.2. The maximum Gasteiger partial charge on any atom is 0.146 e. The third-order valence-corrected chi connectivity index (χ3v) is 4.52. The van der Waals surface area contributed by atoms with Crippen LogP contribution in [0, 0.1) is 11.6 Å². The molecular weight excluding hydrogens is 264 g/mol. The highest BCUT2D eigenvalue weighted by atomic mass is 32.2. The zero-order valence-corrected chi connectivity index (χ0v) is 11.0. The van der Waals surface area contributed by atoms with Crippen molar-refractivity contribution >= 4 is 17.4 Å². The number of rotatable bonds is 3. The van der Waals surface area contributed by atoms with Crippen LogP contribution in [-0.4, -0.2) is 12.3 Å². The van der Waals surface area contributed by atoms with Crippen LogP contribution < -0.4 is 5.32 Å². The van der Waals surface area contributed by atoms with Crippen molar-refractivity contribution in [1.82, 2.24) is 0 Å². The number of hydrogen-bond donors (Lipinski definition) is 1. The van der Waals surface area contributed by atoms with E-state index in [0.29, 0.717) is 12.5 Å². The van der Waals surface area contributed by atoms with Gasteiger partial charge in [0.15, 0.2) is 0 Å². The first kappa shape index (κ1) is 12.5. The molecule has 0 bridgehead atoms. The minimum absolute atomic E-state index is 0.231. The molecule has 98 valence electrons. The van der Waals surface area contributed by atoms with Crippen LogP contribution in [0.25, 0.3) is 0 Å². The third-order valence-electron chi connectivity index (χ3n) is 3.27. The van der Waals surface area contributed by atoms with Gasteiger partial charge in [-0.1, -0.05) is 18.2 Å². The quantitative estimate of drug-likeness (QED) is 0.899. The fraction of sp³-hybridized carbons (Fsp3) is 0.200. The lowest BCUT2D eigenvalue weighted by Crippen LogP contribution is -2.13. The average molecular weight is 277 g/mol. The molecule has 2 aromatic rings. The lowest BCUT2D eigenvalue weighted by Gasteiger charge is -2.13. The highest BCUT2D eigenvalue weighted by molar-refractivity contribution is 7.99. The summed E-state index contributed by atoms with van der Waals surface area (Å²) in [7, 11) is 0. The van der Waals surface area contributed by atoms with Crippen LogP contribution in [0.4, 0.5) is 14.5 Å². The Labute approximate surface area is 115 Å². The van der Waals surface area contributed by atoms with Crippen LogP contribution in [0.5, 0.6) is 0 Å². The normalized spacial score (nSPS) is 17.3. The van der Waals surface area contributed by atoms with Crippen molar-refractivity contribution in [3.8, 4) is 0 Å². The number of halogens is 2. The molecule has 0 saturated carbocycles. The van der Waals surface area contributed by atoms with E-state index in [0.717, 1.165) is 17.9 Å². The standard InChI is InChI=1S/C15H13F2NS/c16-11-5-6-13(17)14(7-11)18-8-10-9-19-15-4-2-1-3-12(10)15/h1-7,10,18H,8-9H2. The monoisotopic (exact) mass is 277 g/mol. The number of nitrogens with one attached hydrogen (secondary N) is 1. The van der Waals surface area contributed by atoms with E-state index in [1.54, 1.807) is 0 Å². The third kappa shape index (κ3) is 2.59. The molecule has 0 aliphatic carbocycles. The Morgan fingerprint density at radius 2 is 2.00 bits per heavy atom. The Morgan fingerprint density at radius 1 is 1.16 bits per heavy atom. The van der Waals surface area contributed by atoms with E-state index in [1.807, 2.05) is 23.9 Å². The van der Waals surface area contributed by atoms with Gasteiger partial charge in [0.05, 0.1) is 5.69 Å². The van der Waals surface area contributed by atoms with Crippen LogP contribution >= 0.6 is 11.8 Å². The molecule has 1 atom stereocenters. The van der Waals surface area contributed by atoms with Gasteiger partial charge in [0.25, 0.3) is 0 Å². The number of thioether (sulfide) groups is 1. The van der Waals surface area contributed by atoms with Crippen molar-refractivity contribution in [3.05, 3.63) is 59.7 Å². The van der Waals surface area contributed by atoms with Gasteiger partial charge >= 0.3 is 0 Å². The summed E-state index contributed by atoms with van der Waals surface area (Å²) in [6.07, 6.45) is 0. The first-order chi connectivity index (χ1) is 9.24. The van der Waals surface area contributed by atoms with Crippen molar-refractivity contribution in [2.75, 3.05) is 17.6 Å². The second-order valence-electron chi connectivity index (χ2n) is 4.55. The van der Waals surface area contributed by atoms with Crippen LogP contribution in [-0.2, 0) is 0 Å². The average Bonchev–Trinajstić information content (AvgIpc) is 2.83. The first-order valence-electron chi connectivity index (χ1n) is 6.14. The SMILES string of the molecule is Fc1ccc(F)c(NCC2CSc3ccccc32)c1. The zero-order valence-electron chi connectivity index (χ0n) is 10.2. The summed E-state index contributed by atoms with van der Waals surface area (Å²) in [5, 5.41) is 3.01. The molecule has 0 fully saturated rings. The van der Waals surface area contributed by atoms with E-state index >= 15 is 0 Å². The van der Waals surface area contributed by atoms with Gasteiger partial charge < -0.3 is 5.32 Å². The Bertz CT molecular complexity index is 600. The smallest absolute Gasteiger partial charge is 0.146 e. The fourth-order valence-corrected chi connectivity index (χ4v) is 3.52.